The molecule has 1 heterocycles. The molecule has 5 nitrogen and oxygen atoms in total. The average molecular weight is 290 g/mol. The van der Waals surface area contributed by atoms with Crippen molar-refractivity contribution in [2.75, 3.05) is 26.2 Å². The number of hydrogen-bond acceptors (Lipinski definition) is 4. The highest BCUT2D eigenvalue weighted by Gasteiger charge is 2.32. The van der Waals surface area contributed by atoms with Gasteiger partial charge in [-0.15, -0.1) is 0 Å². The van der Waals surface area contributed by atoms with Gasteiger partial charge in [-0.3, -0.25) is 4.79 Å². The predicted octanol–water partition coefficient (Wildman–Crippen LogP) is 0.901. The molecule has 0 saturated carbocycles. The van der Waals surface area contributed by atoms with Crippen LogP contribution in [0.25, 0.3) is 0 Å². The largest absolute Gasteiger partial charge is 0.464 e. The molecular weight excluding hydrogens is 268 g/mol. The van der Waals surface area contributed by atoms with E-state index in [1.807, 2.05) is 31.2 Å². The highest BCUT2D eigenvalue weighted by Crippen LogP contribution is 2.11. The number of esters is 1. The third kappa shape index (κ3) is 4.04. The molecule has 0 bridgehead atoms. The van der Waals surface area contributed by atoms with E-state index in [4.69, 9.17) is 4.74 Å². The van der Waals surface area contributed by atoms with Crippen molar-refractivity contribution < 1.29 is 14.3 Å². The van der Waals surface area contributed by atoms with E-state index in [-0.39, 0.29) is 11.9 Å². The first-order valence-electron chi connectivity index (χ1n) is 7.34. The van der Waals surface area contributed by atoms with Gasteiger partial charge in [0.15, 0.2) is 0 Å². The lowest BCUT2D eigenvalue weighted by atomic mass is 10.1. The minimum Gasteiger partial charge on any atom is -0.464 e. The number of nitrogens with one attached hydrogen (secondary N) is 1. The summed E-state index contributed by atoms with van der Waals surface area (Å²) in [5, 5.41) is 3.14. The third-order valence-corrected chi connectivity index (χ3v) is 3.56. The van der Waals surface area contributed by atoms with E-state index in [0.717, 1.165) is 11.1 Å². The zero-order valence-corrected chi connectivity index (χ0v) is 12.6. The van der Waals surface area contributed by atoms with Gasteiger partial charge in [0.2, 0.25) is 5.91 Å². The molecular formula is C16H22N2O3. The molecule has 1 unspecified atom stereocenters. The van der Waals surface area contributed by atoms with E-state index >= 15 is 0 Å². The molecule has 1 aromatic carbocycles. The van der Waals surface area contributed by atoms with Crippen molar-refractivity contribution in [1.29, 1.82) is 0 Å². The van der Waals surface area contributed by atoms with Crippen molar-refractivity contribution >= 4 is 11.9 Å². The fourth-order valence-corrected chi connectivity index (χ4v) is 2.55. The van der Waals surface area contributed by atoms with Crippen molar-refractivity contribution in [3.63, 3.8) is 0 Å². The number of carbonyl (C=O) groups is 2. The first kappa shape index (κ1) is 15.5. The van der Waals surface area contributed by atoms with Crippen LogP contribution in [0.2, 0.25) is 0 Å². The standard InChI is InChI=1S/C16H22N2O3/c1-3-21-16(20)14-11-17-7-8-18(14)15(19)10-13-6-4-5-12(2)9-13/h4-6,9,14,17H,3,7-8,10-11H2,1-2H3. The summed E-state index contributed by atoms with van der Waals surface area (Å²) in [6, 6.07) is 7.36. The number of ether oxygens (including phenoxy) is 1. The van der Waals surface area contributed by atoms with Gasteiger partial charge in [-0.25, -0.2) is 4.79 Å². The number of aryl methyl sites for hydroxylation is 1. The molecule has 2 rings (SSSR count). The minimum atomic E-state index is -0.518. The van der Waals surface area contributed by atoms with Crippen LogP contribution in [0.5, 0.6) is 0 Å². The van der Waals surface area contributed by atoms with Crippen LogP contribution in [0.15, 0.2) is 24.3 Å². The molecule has 1 fully saturated rings. The molecule has 114 valence electrons. The smallest absolute Gasteiger partial charge is 0.330 e. The average Bonchev–Trinajstić information content (AvgIpc) is 2.47. The van der Waals surface area contributed by atoms with Crippen LogP contribution in [0.4, 0.5) is 0 Å². The van der Waals surface area contributed by atoms with Gasteiger partial charge < -0.3 is 15.0 Å². The highest BCUT2D eigenvalue weighted by molar-refractivity contribution is 5.86. The molecule has 5 heteroatoms. The van der Waals surface area contributed by atoms with Gasteiger partial charge in [0.05, 0.1) is 13.0 Å². The van der Waals surface area contributed by atoms with Gasteiger partial charge in [0.25, 0.3) is 0 Å². The molecule has 1 saturated heterocycles. The SMILES string of the molecule is CCOC(=O)C1CNCCN1C(=O)Cc1cccc(C)c1. The van der Waals surface area contributed by atoms with Gasteiger partial charge in [-0.05, 0) is 19.4 Å². The highest BCUT2D eigenvalue weighted by atomic mass is 16.5. The molecule has 1 N–H and O–H groups in total. The fraction of sp³-hybridized carbons (Fsp3) is 0.500. The Bertz CT molecular complexity index is 516. The number of hydrogen-bond donors (Lipinski definition) is 1. The van der Waals surface area contributed by atoms with Crippen molar-refractivity contribution in [2.24, 2.45) is 0 Å². The van der Waals surface area contributed by atoms with Crippen LogP contribution in [-0.4, -0.2) is 49.1 Å². The van der Waals surface area contributed by atoms with Crippen LogP contribution in [0.1, 0.15) is 18.1 Å². The summed E-state index contributed by atoms with van der Waals surface area (Å²) in [6.07, 6.45) is 0.317. The lowest BCUT2D eigenvalue weighted by Gasteiger charge is -2.34. The third-order valence-electron chi connectivity index (χ3n) is 3.56. The maximum absolute atomic E-state index is 12.5. The normalized spacial score (nSPS) is 18.4. The summed E-state index contributed by atoms with van der Waals surface area (Å²) in [6.45, 7) is 5.80. The van der Waals surface area contributed by atoms with E-state index in [0.29, 0.717) is 32.7 Å². The monoisotopic (exact) mass is 290 g/mol. The molecule has 0 aromatic heterocycles. The summed E-state index contributed by atoms with van der Waals surface area (Å²) in [5.41, 5.74) is 2.10. The zero-order valence-electron chi connectivity index (χ0n) is 12.6. The van der Waals surface area contributed by atoms with Crippen LogP contribution in [-0.2, 0) is 20.7 Å². The molecule has 1 atom stereocenters. The number of carbonyl (C=O) groups excluding carboxylic acids is 2. The van der Waals surface area contributed by atoms with Crippen LogP contribution in [0.3, 0.4) is 0 Å². The summed E-state index contributed by atoms with van der Waals surface area (Å²) >= 11 is 0. The number of benzene rings is 1. The van der Waals surface area contributed by atoms with Crippen LogP contribution in [0, 0.1) is 6.92 Å². The van der Waals surface area contributed by atoms with Gasteiger partial charge >= 0.3 is 5.97 Å². The van der Waals surface area contributed by atoms with E-state index in [1.54, 1.807) is 11.8 Å². The van der Waals surface area contributed by atoms with Gasteiger partial charge in [-0.2, -0.15) is 0 Å². The topological polar surface area (TPSA) is 58.6 Å². The first-order valence-corrected chi connectivity index (χ1v) is 7.34. The number of amides is 1. The molecule has 1 aromatic rings. The fourth-order valence-electron chi connectivity index (χ4n) is 2.55. The maximum Gasteiger partial charge on any atom is 0.330 e. The van der Waals surface area contributed by atoms with Crippen molar-refractivity contribution in [1.82, 2.24) is 10.2 Å². The summed E-state index contributed by atoms with van der Waals surface area (Å²) in [4.78, 5) is 26.1. The predicted molar refractivity (Wildman–Crippen MR) is 79.9 cm³/mol. The van der Waals surface area contributed by atoms with E-state index in [1.165, 1.54) is 0 Å². The summed E-state index contributed by atoms with van der Waals surface area (Å²) in [5.74, 6) is -0.359. The van der Waals surface area contributed by atoms with Crippen LogP contribution >= 0.6 is 0 Å². The quantitative estimate of drug-likeness (QED) is 0.837. The van der Waals surface area contributed by atoms with Gasteiger partial charge in [0, 0.05) is 19.6 Å². The maximum atomic E-state index is 12.5. The molecule has 1 amide bonds. The Morgan fingerprint density at radius 2 is 2.24 bits per heavy atom. The second kappa shape index (κ2) is 7.22. The molecule has 0 spiro atoms. The van der Waals surface area contributed by atoms with Crippen molar-refractivity contribution in [2.45, 2.75) is 26.3 Å². The molecule has 0 aliphatic carbocycles. The second-order valence-electron chi connectivity index (χ2n) is 5.22. The Morgan fingerprint density at radius 3 is 2.95 bits per heavy atom. The molecule has 1 aliphatic heterocycles. The number of rotatable bonds is 4. The minimum absolute atomic E-state index is 0.0276. The Hall–Kier alpha value is -1.88. The van der Waals surface area contributed by atoms with Crippen molar-refractivity contribution in [3.8, 4) is 0 Å². The van der Waals surface area contributed by atoms with Crippen LogP contribution < -0.4 is 5.32 Å². The first-order chi connectivity index (χ1) is 10.1. The van der Waals surface area contributed by atoms with Gasteiger partial charge in [0.1, 0.15) is 6.04 Å². The van der Waals surface area contributed by atoms with Gasteiger partial charge in [-0.1, -0.05) is 29.8 Å². The van der Waals surface area contributed by atoms with E-state index in [9.17, 15) is 9.59 Å². The Labute approximate surface area is 125 Å². The molecule has 21 heavy (non-hydrogen) atoms. The lowest BCUT2D eigenvalue weighted by molar-refractivity contribution is -0.155. The van der Waals surface area contributed by atoms with Crippen molar-refractivity contribution in [3.05, 3.63) is 35.4 Å². The Morgan fingerprint density at radius 1 is 1.43 bits per heavy atom. The van der Waals surface area contributed by atoms with E-state index < -0.39 is 6.04 Å². The molecule has 1 aliphatic rings. The number of piperazine rings is 1. The lowest BCUT2D eigenvalue weighted by Crippen LogP contribution is -2.57. The Kier molecular flexibility index (Phi) is 5.33. The van der Waals surface area contributed by atoms with E-state index in [2.05, 4.69) is 5.32 Å². The summed E-state index contributed by atoms with van der Waals surface area (Å²) in [7, 11) is 0. The Balaban J connectivity index is 2.06. The number of nitrogens with zero attached hydrogens (tertiary/aromatic N) is 1. The molecule has 0 radical (unpaired) electrons. The second-order valence-corrected chi connectivity index (χ2v) is 5.22. The zero-order chi connectivity index (χ0) is 15.2. The summed E-state index contributed by atoms with van der Waals surface area (Å²) < 4.78 is 5.06.